The van der Waals surface area contributed by atoms with E-state index in [9.17, 15) is 9.59 Å². The zero-order valence-corrected chi connectivity index (χ0v) is 21.2. The fourth-order valence-electron chi connectivity index (χ4n) is 3.96. The van der Waals surface area contributed by atoms with Crippen LogP contribution in [0.25, 0.3) is 10.2 Å². The Morgan fingerprint density at radius 2 is 1.74 bits per heavy atom. The van der Waals surface area contributed by atoms with E-state index in [-0.39, 0.29) is 11.8 Å². The van der Waals surface area contributed by atoms with Crippen LogP contribution in [0.1, 0.15) is 10.4 Å². The van der Waals surface area contributed by atoms with E-state index < -0.39 is 0 Å². The molecule has 1 aliphatic heterocycles. The van der Waals surface area contributed by atoms with Crippen LogP contribution >= 0.6 is 34.7 Å². The smallest absolute Gasteiger partial charge is 0.254 e. The Labute approximate surface area is 216 Å². The maximum atomic E-state index is 12.7. The van der Waals surface area contributed by atoms with E-state index in [0.29, 0.717) is 29.4 Å². The molecule has 2 heterocycles. The fraction of sp³-hybridized carbons (Fsp3) is 0.192. The highest BCUT2D eigenvalue weighted by molar-refractivity contribution is 8.01. The van der Waals surface area contributed by atoms with Crippen LogP contribution in [-0.2, 0) is 4.79 Å². The Bertz CT molecular complexity index is 1320. The minimum Gasteiger partial charge on any atom is -0.368 e. The molecule has 178 valence electrons. The summed E-state index contributed by atoms with van der Waals surface area (Å²) in [6, 6.07) is 22.9. The molecule has 9 heteroatoms. The molecule has 1 aromatic heterocycles. The Balaban J connectivity index is 1.11. The lowest BCUT2D eigenvalue weighted by Crippen LogP contribution is -2.48. The van der Waals surface area contributed by atoms with E-state index in [0.717, 1.165) is 39.0 Å². The second-order valence-corrected chi connectivity index (χ2v) is 10.8. The first-order chi connectivity index (χ1) is 17.0. The molecule has 6 nitrogen and oxygen atoms in total. The number of carbonyl (C=O) groups excluding carboxylic acids is 2. The van der Waals surface area contributed by atoms with Crippen LogP contribution in [0.4, 0.5) is 11.4 Å². The predicted octanol–water partition coefficient (Wildman–Crippen LogP) is 5.64. The van der Waals surface area contributed by atoms with Crippen molar-refractivity contribution in [3.05, 3.63) is 83.4 Å². The molecular formula is C26H23ClN4O2S2. The maximum absolute atomic E-state index is 12.7. The molecule has 0 atom stereocenters. The highest BCUT2D eigenvalue weighted by Gasteiger charge is 2.22. The maximum Gasteiger partial charge on any atom is 0.254 e. The molecule has 0 spiro atoms. The Kier molecular flexibility index (Phi) is 7.22. The second-order valence-electron chi connectivity index (χ2n) is 8.12. The van der Waals surface area contributed by atoms with Gasteiger partial charge in [0.25, 0.3) is 5.91 Å². The molecule has 1 N–H and O–H groups in total. The third-order valence-electron chi connectivity index (χ3n) is 5.76. The largest absolute Gasteiger partial charge is 0.368 e. The average molecular weight is 523 g/mol. The van der Waals surface area contributed by atoms with Crippen LogP contribution in [0.2, 0.25) is 5.02 Å². The number of nitrogens with one attached hydrogen (secondary N) is 1. The van der Waals surface area contributed by atoms with Crippen molar-refractivity contribution in [1.82, 2.24) is 9.88 Å². The molecule has 0 saturated carbocycles. The summed E-state index contributed by atoms with van der Waals surface area (Å²) in [6.45, 7) is 2.79. The summed E-state index contributed by atoms with van der Waals surface area (Å²) in [6.07, 6.45) is 0. The van der Waals surface area contributed by atoms with E-state index in [1.807, 2.05) is 53.4 Å². The Morgan fingerprint density at radius 1 is 0.971 bits per heavy atom. The van der Waals surface area contributed by atoms with Gasteiger partial charge in [-0.15, -0.1) is 11.3 Å². The van der Waals surface area contributed by atoms with Crippen molar-refractivity contribution in [2.75, 3.05) is 42.1 Å². The molecule has 35 heavy (non-hydrogen) atoms. The molecule has 0 bridgehead atoms. The minimum absolute atomic E-state index is 0.00827. The number of halogens is 1. The molecule has 0 unspecified atom stereocenters. The number of thiazole rings is 1. The van der Waals surface area contributed by atoms with Crippen molar-refractivity contribution in [3.63, 3.8) is 0 Å². The molecule has 3 aromatic carbocycles. The number of hydrogen-bond donors (Lipinski definition) is 1. The number of nitrogens with zero attached hydrogens (tertiary/aromatic N) is 3. The van der Waals surface area contributed by atoms with Crippen molar-refractivity contribution in [2.24, 2.45) is 0 Å². The van der Waals surface area contributed by atoms with Gasteiger partial charge in [0.2, 0.25) is 5.91 Å². The van der Waals surface area contributed by atoms with Crippen LogP contribution in [0, 0.1) is 0 Å². The SMILES string of the molecule is O=C(CSc1nc2ccccc2s1)Nc1ccc(N2CCN(C(=O)c3cccc(Cl)c3)CC2)cc1. The van der Waals surface area contributed by atoms with Gasteiger partial charge in [0, 0.05) is 48.1 Å². The number of benzene rings is 3. The van der Waals surface area contributed by atoms with Crippen molar-refractivity contribution < 1.29 is 9.59 Å². The zero-order chi connectivity index (χ0) is 24.2. The monoisotopic (exact) mass is 522 g/mol. The summed E-state index contributed by atoms with van der Waals surface area (Å²) < 4.78 is 2.02. The van der Waals surface area contributed by atoms with E-state index in [2.05, 4.69) is 15.2 Å². The number of fused-ring (bicyclic) bond motifs is 1. The Morgan fingerprint density at radius 3 is 2.49 bits per heavy atom. The summed E-state index contributed by atoms with van der Waals surface area (Å²) >= 11 is 9.08. The first-order valence-electron chi connectivity index (χ1n) is 11.2. The standard InChI is InChI=1S/C26H23ClN4O2S2/c27-19-5-3-4-18(16-19)25(33)31-14-12-30(13-15-31)21-10-8-20(9-11-21)28-24(32)17-34-26-29-22-6-1-2-7-23(22)35-26/h1-11,16H,12-15,17H2,(H,28,32). The van der Waals surface area contributed by atoms with Crippen molar-refractivity contribution in [1.29, 1.82) is 0 Å². The van der Waals surface area contributed by atoms with E-state index in [4.69, 9.17) is 11.6 Å². The van der Waals surface area contributed by atoms with Crippen molar-refractivity contribution >= 4 is 68.1 Å². The van der Waals surface area contributed by atoms with Crippen molar-refractivity contribution in [3.8, 4) is 0 Å². The van der Waals surface area contributed by atoms with Crippen LogP contribution in [0.3, 0.4) is 0 Å². The predicted molar refractivity (Wildman–Crippen MR) is 145 cm³/mol. The van der Waals surface area contributed by atoms with E-state index in [1.54, 1.807) is 35.6 Å². The summed E-state index contributed by atoms with van der Waals surface area (Å²) in [5.41, 5.74) is 3.41. The summed E-state index contributed by atoms with van der Waals surface area (Å²) in [5.74, 6) is 0.258. The number of carbonyl (C=O) groups is 2. The molecule has 0 aliphatic carbocycles. The average Bonchev–Trinajstić information content (AvgIpc) is 3.31. The molecule has 1 fully saturated rings. The van der Waals surface area contributed by atoms with Crippen molar-refractivity contribution in [2.45, 2.75) is 4.34 Å². The molecule has 2 amide bonds. The summed E-state index contributed by atoms with van der Waals surface area (Å²) in [4.78, 5) is 33.8. The first kappa shape index (κ1) is 23.7. The number of hydrogen-bond acceptors (Lipinski definition) is 6. The Hall–Kier alpha value is -3.07. The highest BCUT2D eigenvalue weighted by atomic mass is 35.5. The quantitative estimate of drug-likeness (QED) is 0.332. The second kappa shape index (κ2) is 10.7. The molecule has 0 radical (unpaired) electrons. The van der Waals surface area contributed by atoms with Crippen LogP contribution in [0.5, 0.6) is 0 Å². The van der Waals surface area contributed by atoms with Gasteiger partial charge in [-0.3, -0.25) is 9.59 Å². The van der Waals surface area contributed by atoms with Crippen LogP contribution in [-0.4, -0.2) is 53.6 Å². The van der Waals surface area contributed by atoms with Gasteiger partial charge in [0.15, 0.2) is 4.34 Å². The van der Waals surface area contributed by atoms with Gasteiger partial charge in [0.1, 0.15) is 0 Å². The molecular weight excluding hydrogens is 500 g/mol. The van der Waals surface area contributed by atoms with Gasteiger partial charge in [-0.2, -0.15) is 0 Å². The van der Waals surface area contributed by atoms with E-state index in [1.165, 1.54) is 11.8 Å². The number of para-hydroxylation sites is 1. The van der Waals surface area contributed by atoms with Crippen LogP contribution in [0.15, 0.2) is 77.1 Å². The van der Waals surface area contributed by atoms with Gasteiger partial charge in [-0.05, 0) is 54.6 Å². The van der Waals surface area contributed by atoms with E-state index >= 15 is 0 Å². The number of thioether (sulfide) groups is 1. The number of rotatable bonds is 6. The topological polar surface area (TPSA) is 65.5 Å². The third kappa shape index (κ3) is 5.78. The van der Waals surface area contributed by atoms with Gasteiger partial charge in [0.05, 0.1) is 16.0 Å². The third-order valence-corrected chi connectivity index (χ3v) is 8.17. The van der Waals surface area contributed by atoms with Gasteiger partial charge in [-0.1, -0.05) is 41.6 Å². The van der Waals surface area contributed by atoms with Gasteiger partial charge in [-0.25, -0.2) is 4.98 Å². The number of amides is 2. The van der Waals surface area contributed by atoms with Gasteiger partial charge >= 0.3 is 0 Å². The van der Waals surface area contributed by atoms with Gasteiger partial charge < -0.3 is 15.1 Å². The number of aromatic nitrogens is 1. The molecule has 1 aliphatic rings. The fourth-order valence-corrected chi connectivity index (χ4v) is 6.02. The lowest BCUT2D eigenvalue weighted by atomic mass is 10.1. The minimum atomic E-state index is -0.0600. The summed E-state index contributed by atoms with van der Waals surface area (Å²) in [5, 5.41) is 3.52. The molecule has 4 aromatic rings. The molecule has 5 rings (SSSR count). The summed E-state index contributed by atoms with van der Waals surface area (Å²) in [7, 11) is 0. The van der Waals surface area contributed by atoms with Crippen LogP contribution < -0.4 is 10.2 Å². The zero-order valence-electron chi connectivity index (χ0n) is 18.8. The first-order valence-corrected chi connectivity index (χ1v) is 13.4. The number of anilines is 2. The normalized spacial score (nSPS) is 13.7. The highest BCUT2D eigenvalue weighted by Crippen LogP contribution is 2.29. The lowest BCUT2D eigenvalue weighted by molar-refractivity contribution is -0.113. The molecule has 1 saturated heterocycles. The number of piperazine rings is 1. The lowest BCUT2D eigenvalue weighted by Gasteiger charge is -2.36.